The van der Waals surface area contributed by atoms with E-state index < -0.39 is 6.09 Å². The van der Waals surface area contributed by atoms with Crippen molar-refractivity contribution in [2.45, 2.75) is 51.0 Å². The molecule has 1 heterocycles. The summed E-state index contributed by atoms with van der Waals surface area (Å²) in [5, 5.41) is 11.4. The first-order valence-electron chi connectivity index (χ1n) is 10.0. The largest absolute Gasteiger partial charge is 0.465 e. The lowest BCUT2D eigenvalue weighted by Crippen LogP contribution is -2.39. The maximum Gasteiger partial charge on any atom is 0.404 e. The predicted octanol–water partition coefficient (Wildman–Crippen LogP) is 3.94. The lowest BCUT2D eigenvalue weighted by Gasteiger charge is -2.34. The van der Waals surface area contributed by atoms with E-state index in [4.69, 9.17) is 5.11 Å². The van der Waals surface area contributed by atoms with E-state index in [1.165, 1.54) is 12.1 Å². The molecule has 2 aliphatic rings. The third kappa shape index (κ3) is 5.76. The maximum absolute atomic E-state index is 13.0. The molecule has 0 atom stereocenters. The Balaban J connectivity index is 1.36. The summed E-state index contributed by atoms with van der Waals surface area (Å²) >= 11 is 0. The fourth-order valence-corrected chi connectivity index (χ4v) is 4.40. The molecule has 1 aromatic rings. The van der Waals surface area contributed by atoms with Crippen molar-refractivity contribution >= 4 is 11.9 Å². The highest BCUT2D eigenvalue weighted by molar-refractivity contribution is 5.97. The Morgan fingerprint density at radius 1 is 1.04 bits per heavy atom. The number of halogens is 1. The van der Waals surface area contributed by atoms with Gasteiger partial charge in [-0.2, -0.15) is 0 Å². The van der Waals surface area contributed by atoms with Crippen LogP contribution in [0.3, 0.4) is 0 Å². The van der Waals surface area contributed by atoms with Crippen molar-refractivity contribution in [3.05, 3.63) is 35.6 Å². The summed E-state index contributed by atoms with van der Waals surface area (Å²) in [7, 11) is 0. The SMILES string of the molecule is O=C(O)NC1CCC(CCN2CCC(C(=O)c3ccc(F)cc3)CC2)CC1. The Morgan fingerprint density at radius 2 is 1.67 bits per heavy atom. The smallest absolute Gasteiger partial charge is 0.404 e. The second-order valence-corrected chi connectivity index (χ2v) is 7.94. The van der Waals surface area contributed by atoms with Crippen molar-refractivity contribution in [2.75, 3.05) is 19.6 Å². The van der Waals surface area contributed by atoms with Crippen LogP contribution in [0.15, 0.2) is 24.3 Å². The predicted molar refractivity (Wildman–Crippen MR) is 101 cm³/mol. The fourth-order valence-electron chi connectivity index (χ4n) is 4.40. The van der Waals surface area contributed by atoms with Crippen molar-refractivity contribution in [3.63, 3.8) is 0 Å². The summed E-state index contributed by atoms with van der Waals surface area (Å²) in [6.45, 7) is 2.93. The van der Waals surface area contributed by atoms with Gasteiger partial charge in [-0.05, 0) is 94.8 Å². The Kier molecular flexibility index (Phi) is 6.83. The van der Waals surface area contributed by atoms with E-state index in [1.54, 1.807) is 12.1 Å². The summed E-state index contributed by atoms with van der Waals surface area (Å²) in [6, 6.07) is 5.98. The van der Waals surface area contributed by atoms with E-state index >= 15 is 0 Å². The number of piperidine rings is 1. The van der Waals surface area contributed by atoms with Crippen molar-refractivity contribution in [1.29, 1.82) is 0 Å². The number of carboxylic acid groups (broad SMARTS) is 1. The normalized spacial score (nSPS) is 24.5. The molecule has 0 bridgehead atoms. The lowest BCUT2D eigenvalue weighted by atomic mass is 9.83. The summed E-state index contributed by atoms with van der Waals surface area (Å²) in [4.78, 5) is 25.7. The van der Waals surface area contributed by atoms with E-state index in [-0.39, 0.29) is 23.6 Å². The number of nitrogens with zero attached hydrogens (tertiary/aromatic N) is 1. The topological polar surface area (TPSA) is 69.6 Å². The van der Waals surface area contributed by atoms with Crippen LogP contribution in [0.5, 0.6) is 0 Å². The number of carbonyl (C=O) groups is 2. The molecule has 0 radical (unpaired) electrons. The molecule has 3 rings (SSSR count). The van der Waals surface area contributed by atoms with Crippen molar-refractivity contribution in [2.24, 2.45) is 11.8 Å². The quantitative estimate of drug-likeness (QED) is 0.738. The average Bonchev–Trinajstić information content (AvgIpc) is 2.67. The summed E-state index contributed by atoms with van der Waals surface area (Å²) in [5.41, 5.74) is 0.613. The van der Waals surface area contributed by atoms with Gasteiger partial charge in [0, 0.05) is 17.5 Å². The van der Waals surface area contributed by atoms with Crippen molar-refractivity contribution in [1.82, 2.24) is 10.2 Å². The van der Waals surface area contributed by atoms with E-state index in [2.05, 4.69) is 10.2 Å². The number of likely N-dealkylation sites (tertiary alicyclic amines) is 1. The number of rotatable bonds is 6. The number of nitrogens with one attached hydrogen (secondary N) is 1. The average molecular weight is 376 g/mol. The van der Waals surface area contributed by atoms with Gasteiger partial charge < -0.3 is 15.3 Å². The molecule has 0 unspecified atom stereocenters. The molecule has 5 nitrogen and oxygen atoms in total. The van der Waals surface area contributed by atoms with Crippen LogP contribution in [0.4, 0.5) is 9.18 Å². The van der Waals surface area contributed by atoms with Crippen molar-refractivity contribution in [3.8, 4) is 0 Å². The Bertz CT molecular complexity index is 633. The second-order valence-electron chi connectivity index (χ2n) is 7.94. The highest BCUT2D eigenvalue weighted by Crippen LogP contribution is 2.28. The van der Waals surface area contributed by atoms with Crippen LogP contribution in [-0.4, -0.2) is 47.6 Å². The van der Waals surface area contributed by atoms with Gasteiger partial charge in [0.2, 0.25) is 0 Å². The molecule has 1 amide bonds. The third-order valence-electron chi connectivity index (χ3n) is 6.12. The molecule has 1 saturated heterocycles. The molecule has 1 aliphatic carbocycles. The van der Waals surface area contributed by atoms with Crippen LogP contribution in [0.25, 0.3) is 0 Å². The van der Waals surface area contributed by atoms with E-state index in [0.717, 1.165) is 64.6 Å². The maximum atomic E-state index is 13.0. The minimum atomic E-state index is -0.920. The first-order valence-corrected chi connectivity index (χ1v) is 10.0. The molecule has 2 fully saturated rings. The molecule has 0 spiro atoms. The van der Waals surface area contributed by atoms with Crippen LogP contribution in [0, 0.1) is 17.7 Å². The van der Waals surface area contributed by atoms with Gasteiger partial charge in [0.1, 0.15) is 5.82 Å². The lowest BCUT2D eigenvalue weighted by molar-refractivity contribution is 0.0832. The van der Waals surface area contributed by atoms with Gasteiger partial charge in [-0.25, -0.2) is 9.18 Å². The highest BCUT2D eigenvalue weighted by Gasteiger charge is 2.27. The molecule has 1 saturated carbocycles. The molecular weight excluding hydrogens is 347 g/mol. The van der Waals surface area contributed by atoms with E-state index in [9.17, 15) is 14.0 Å². The zero-order chi connectivity index (χ0) is 19.2. The number of Topliss-reactive ketones (excluding diaryl/α,β-unsaturated/α-hetero) is 1. The molecule has 0 aromatic heterocycles. The molecule has 27 heavy (non-hydrogen) atoms. The molecular formula is C21H29FN2O3. The summed E-state index contributed by atoms with van der Waals surface area (Å²) < 4.78 is 13.0. The number of benzene rings is 1. The summed E-state index contributed by atoms with van der Waals surface area (Å²) in [6.07, 6.45) is 6.01. The molecule has 2 N–H and O–H groups in total. The molecule has 6 heteroatoms. The Labute approximate surface area is 159 Å². The first-order chi connectivity index (χ1) is 13.0. The van der Waals surface area contributed by atoms with Gasteiger partial charge in [-0.15, -0.1) is 0 Å². The Hall–Kier alpha value is -1.95. The standard InChI is InChI=1S/C21H29FN2O3/c22-18-5-3-16(4-6-18)20(25)17-10-13-24(14-11-17)12-9-15-1-7-19(8-2-15)23-21(26)27/h3-6,15,17,19,23H,1-2,7-14H2,(H,26,27). The van der Waals surface area contributed by atoms with Crippen molar-refractivity contribution < 1.29 is 19.1 Å². The monoisotopic (exact) mass is 376 g/mol. The zero-order valence-electron chi connectivity index (χ0n) is 15.7. The Morgan fingerprint density at radius 3 is 2.26 bits per heavy atom. The van der Waals surface area contributed by atoms with Gasteiger partial charge in [-0.1, -0.05) is 0 Å². The fraction of sp³-hybridized carbons (Fsp3) is 0.619. The van der Waals surface area contributed by atoms with E-state index in [1.807, 2.05) is 0 Å². The van der Waals surface area contributed by atoms with E-state index in [0.29, 0.717) is 11.5 Å². The van der Waals surface area contributed by atoms with Crippen LogP contribution < -0.4 is 5.32 Å². The molecule has 1 aliphatic heterocycles. The van der Waals surface area contributed by atoms with Crippen LogP contribution >= 0.6 is 0 Å². The van der Waals surface area contributed by atoms with Crippen LogP contribution in [-0.2, 0) is 0 Å². The third-order valence-corrected chi connectivity index (χ3v) is 6.12. The second kappa shape index (κ2) is 9.31. The highest BCUT2D eigenvalue weighted by atomic mass is 19.1. The molecule has 1 aromatic carbocycles. The number of amides is 1. The number of hydrogen-bond acceptors (Lipinski definition) is 3. The van der Waals surface area contributed by atoms with Crippen LogP contribution in [0.1, 0.15) is 55.3 Å². The number of carbonyl (C=O) groups excluding carboxylic acids is 1. The summed E-state index contributed by atoms with van der Waals surface area (Å²) in [5.74, 6) is 0.549. The van der Waals surface area contributed by atoms with Gasteiger partial charge in [0.25, 0.3) is 0 Å². The minimum absolute atomic E-state index is 0.0456. The zero-order valence-corrected chi connectivity index (χ0v) is 15.7. The first kappa shape index (κ1) is 19.8. The minimum Gasteiger partial charge on any atom is -0.465 e. The van der Waals surface area contributed by atoms with Crippen LogP contribution in [0.2, 0.25) is 0 Å². The number of hydrogen-bond donors (Lipinski definition) is 2. The molecule has 148 valence electrons. The van der Waals surface area contributed by atoms with Gasteiger partial charge in [-0.3, -0.25) is 4.79 Å². The number of ketones is 1. The van der Waals surface area contributed by atoms with Gasteiger partial charge in [0.15, 0.2) is 5.78 Å². The van der Waals surface area contributed by atoms with Gasteiger partial charge >= 0.3 is 6.09 Å². The van der Waals surface area contributed by atoms with Gasteiger partial charge in [0.05, 0.1) is 0 Å².